The van der Waals surface area contributed by atoms with E-state index in [0.717, 1.165) is 11.1 Å². The summed E-state index contributed by atoms with van der Waals surface area (Å²) in [6.45, 7) is 2.99. The number of nitrogens with one attached hydrogen (secondary N) is 3. The molecule has 8 nitrogen and oxygen atoms in total. The molecule has 3 aromatic rings. The molecule has 204 valence electrons. The summed E-state index contributed by atoms with van der Waals surface area (Å²) in [5.41, 5.74) is 1.04. The predicted molar refractivity (Wildman–Crippen MR) is 150 cm³/mol. The van der Waals surface area contributed by atoms with Crippen molar-refractivity contribution >= 4 is 35.0 Å². The maximum Gasteiger partial charge on any atom is 0.263 e. The lowest BCUT2D eigenvalue weighted by Gasteiger charge is -2.37. The first-order valence-electron chi connectivity index (χ1n) is 12.8. The molecule has 3 N–H and O–H groups in total. The zero-order valence-electron chi connectivity index (χ0n) is 21.7. The van der Waals surface area contributed by atoms with Gasteiger partial charge in [-0.25, -0.2) is 0 Å². The maximum atomic E-state index is 14.5. The molecule has 5 rings (SSSR count). The first-order valence-corrected chi connectivity index (χ1v) is 13.5. The van der Waals surface area contributed by atoms with Crippen LogP contribution < -0.4 is 25.4 Å². The van der Waals surface area contributed by atoms with Crippen LogP contribution in [0, 0.1) is 0 Å². The highest BCUT2D eigenvalue weighted by molar-refractivity contribution is 6.30. The number of hydrogen-bond acceptors (Lipinski definition) is 6. The summed E-state index contributed by atoms with van der Waals surface area (Å²) < 4.78 is 11.5. The van der Waals surface area contributed by atoms with Crippen molar-refractivity contribution in [2.45, 2.75) is 24.7 Å². The van der Waals surface area contributed by atoms with Gasteiger partial charge in [0.1, 0.15) is 11.5 Å². The van der Waals surface area contributed by atoms with Gasteiger partial charge in [0.15, 0.2) is 5.66 Å². The molecule has 2 saturated heterocycles. The fraction of sp³-hybridized carbons (Fsp3) is 0.310. The smallest absolute Gasteiger partial charge is 0.263 e. The molecule has 2 aliphatic heterocycles. The number of piperazine rings is 1. The normalized spacial score (nSPS) is 22.9. The van der Waals surface area contributed by atoms with Crippen molar-refractivity contribution in [3.05, 3.63) is 93.5 Å². The highest BCUT2D eigenvalue weighted by Crippen LogP contribution is 2.45. The molecule has 2 unspecified atom stereocenters. The van der Waals surface area contributed by atoms with E-state index in [-0.39, 0.29) is 30.4 Å². The molecular formula is C29H30Cl2N4O4. The number of hydrogen-bond donors (Lipinski definition) is 3. The van der Waals surface area contributed by atoms with Gasteiger partial charge in [0.05, 0.1) is 32.3 Å². The lowest BCUT2D eigenvalue weighted by Crippen LogP contribution is -2.62. The third-order valence-electron chi connectivity index (χ3n) is 7.07. The quantitative estimate of drug-likeness (QED) is 0.396. The van der Waals surface area contributed by atoms with Crippen LogP contribution in [0.2, 0.25) is 10.0 Å². The first kappa shape index (κ1) is 27.3. The summed E-state index contributed by atoms with van der Waals surface area (Å²) in [4.78, 5) is 28.4. The average molecular weight is 569 g/mol. The Morgan fingerprint density at radius 1 is 0.974 bits per heavy atom. The number of carbonyl (C=O) groups excluding carboxylic acids is 2. The van der Waals surface area contributed by atoms with Crippen molar-refractivity contribution in [3.63, 3.8) is 0 Å². The Morgan fingerprint density at radius 2 is 1.56 bits per heavy atom. The number of ether oxygens (including phenoxy) is 2. The number of halogens is 2. The Kier molecular flexibility index (Phi) is 8.00. The van der Waals surface area contributed by atoms with Gasteiger partial charge in [-0.3, -0.25) is 20.2 Å². The Bertz CT molecular complexity index is 1300. The van der Waals surface area contributed by atoms with E-state index in [9.17, 15) is 9.59 Å². The fourth-order valence-corrected chi connectivity index (χ4v) is 5.48. The second-order valence-corrected chi connectivity index (χ2v) is 10.3. The maximum absolute atomic E-state index is 14.5. The summed E-state index contributed by atoms with van der Waals surface area (Å²) in [5, 5.41) is 11.3. The molecule has 2 atom stereocenters. The third kappa shape index (κ3) is 5.43. The standard InChI is InChI=1S/C29H30Cl2N4O4/c1-3-39-24-16-22(38-2)12-13-23(24)29(28(37)35-15-14-32-25(36)17-35)33-26(18-4-8-20(30)9-5-18)27(34-29)19-6-10-21(31)11-7-19/h4-13,16,26-27,33-34H,3,14-15,17H2,1-2H3,(H,32,36). The summed E-state index contributed by atoms with van der Waals surface area (Å²) in [7, 11) is 1.58. The van der Waals surface area contributed by atoms with Crippen molar-refractivity contribution in [1.29, 1.82) is 0 Å². The highest BCUT2D eigenvalue weighted by atomic mass is 35.5. The van der Waals surface area contributed by atoms with E-state index < -0.39 is 5.66 Å². The van der Waals surface area contributed by atoms with Crippen molar-refractivity contribution in [2.24, 2.45) is 0 Å². The molecule has 2 fully saturated rings. The highest BCUT2D eigenvalue weighted by Gasteiger charge is 2.54. The van der Waals surface area contributed by atoms with Crippen LogP contribution in [0.15, 0.2) is 66.7 Å². The van der Waals surface area contributed by atoms with Crippen LogP contribution in [0.1, 0.15) is 35.7 Å². The topological polar surface area (TPSA) is 91.9 Å². The van der Waals surface area contributed by atoms with Crippen molar-refractivity contribution < 1.29 is 19.1 Å². The van der Waals surface area contributed by atoms with Gasteiger partial charge in [-0.2, -0.15) is 0 Å². The monoisotopic (exact) mass is 568 g/mol. The van der Waals surface area contributed by atoms with Crippen LogP contribution in [-0.2, 0) is 15.3 Å². The molecule has 0 saturated carbocycles. The van der Waals surface area contributed by atoms with E-state index >= 15 is 0 Å². The van der Waals surface area contributed by atoms with E-state index in [1.807, 2.05) is 61.5 Å². The number of benzene rings is 3. The summed E-state index contributed by atoms with van der Waals surface area (Å²) >= 11 is 12.4. The Balaban J connectivity index is 1.69. The lowest BCUT2D eigenvalue weighted by atomic mass is 9.95. The zero-order chi connectivity index (χ0) is 27.6. The Labute approximate surface area is 237 Å². The van der Waals surface area contributed by atoms with Gasteiger partial charge in [0, 0.05) is 34.8 Å². The van der Waals surface area contributed by atoms with Crippen molar-refractivity contribution in [3.8, 4) is 11.5 Å². The third-order valence-corrected chi connectivity index (χ3v) is 7.58. The molecule has 2 aliphatic rings. The van der Waals surface area contributed by atoms with Gasteiger partial charge in [-0.1, -0.05) is 47.5 Å². The molecular weight excluding hydrogens is 539 g/mol. The van der Waals surface area contributed by atoms with Crippen molar-refractivity contribution in [2.75, 3.05) is 33.4 Å². The summed E-state index contributed by atoms with van der Waals surface area (Å²) in [5.74, 6) is 0.617. The molecule has 10 heteroatoms. The minimum Gasteiger partial charge on any atom is -0.497 e. The van der Waals surface area contributed by atoms with Gasteiger partial charge < -0.3 is 19.7 Å². The molecule has 0 aromatic heterocycles. The number of nitrogens with zero attached hydrogens (tertiary/aromatic N) is 1. The SMILES string of the molecule is CCOc1cc(OC)ccc1C1(C(=O)N2CCNC(=O)C2)NC(c2ccc(Cl)cc2)C(c2ccc(Cl)cc2)N1. The molecule has 0 aliphatic carbocycles. The number of amides is 2. The van der Waals surface area contributed by atoms with Crippen LogP contribution in [0.4, 0.5) is 0 Å². The van der Waals surface area contributed by atoms with Crippen LogP contribution in [0.25, 0.3) is 0 Å². The minimum atomic E-state index is -1.43. The predicted octanol–water partition coefficient (Wildman–Crippen LogP) is 4.19. The molecule has 3 aromatic carbocycles. The van der Waals surface area contributed by atoms with Gasteiger partial charge >= 0.3 is 0 Å². The molecule has 2 amide bonds. The second-order valence-electron chi connectivity index (χ2n) is 9.47. The number of methoxy groups -OCH3 is 1. The van der Waals surface area contributed by atoms with Crippen LogP contribution in [0.3, 0.4) is 0 Å². The summed E-state index contributed by atoms with van der Waals surface area (Å²) in [6, 6.07) is 19.8. The van der Waals surface area contributed by atoms with Crippen LogP contribution >= 0.6 is 23.2 Å². The van der Waals surface area contributed by atoms with Crippen LogP contribution in [-0.4, -0.2) is 50.1 Å². The largest absolute Gasteiger partial charge is 0.497 e. The first-order chi connectivity index (χ1) is 18.8. The average Bonchev–Trinajstić information content (AvgIpc) is 3.35. The van der Waals surface area contributed by atoms with Gasteiger partial charge in [-0.15, -0.1) is 0 Å². The van der Waals surface area contributed by atoms with Gasteiger partial charge in [0.2, 0.25) is 5.91 Å². The van der Waals surface area contributed by atoms with E-state index in [1.165, 1.54) is 0 Å². The van der Waals surface area contributed by atoms with E-state index in [0.29, 0.717) is 46.8 Å². The fourth-order valence-electron chi connectivity index (χ4n) is 5.22. The van der Waals surface area contributed by atoms with E-state index in [4.69, 9.17) is 32.7 Å². The number of rotatable bonds is 7. The molecule has 2 heterocycles. The van der Waals surface area contributed by atoms with Crippen molar-refractivity contribution in [1.82, 2.24) is 20.9 Å². The zero-order valence-corrected chi connectivity index (χ0v) is 23.2. The lowest BCUT2D eigenvalue weighted by molar-refractivity contribution is -0.144. The Hall–Kier alpha value is -3.30. The molecule has 0 bridgehead atoms. The van der Waals surface area contributed by atoms with Gasteiger partial charge in [0.25, 0.3) is 5.91 Å². The summed E-state index contributed by atoms with van der Waals surface area (Å²) in [6.07, 6.45) is 0. The second kappa shape index (κ2) is 11.4. The van der Waals surface area contributed by atoms with Crippen LogP contribution in [0.5, 0.6) is 11.5 Å². The van der Waals surface area contributed by atoms with E-state index in [1.54, 1.807) is 24.1 Å². The number of carbonyl (C=O) groups is 2. The minimum absolute atomic E-state index is 0.0404. The molecule has 0 radical (unpaired) electrons. The molecule has 39 heavy (non-hydrogen) atoms. The van der Waals surface area contributed by atoms with E-state index in [2.05, 4.69) is 16.0 Å². The molecule has 0 spiro atoms. The Morgan fingerprint density at radius 3 is 2.08 bits per heavy atom. The van der Waals surface area contributed by atoms with Gasteiger partial charge in [-0.05, 0) is 54.4 Å².